The number of carbonyl (C=O) groups is 3. The molecule has 1 heterocycles. The summed E-state index contributed by atoms with van der Waals surface area (Å²) in [7, 11) is 0. The van der Waals surface area contributed by atoms with Crippen LogP contribution in [0.1, 0.15) is 46.2 Å². The molecule has 0 aliphatic rings. The standard InChI is InChI=1S/C12H16N2O4S/c1-2-3-4-8(12(17)18)14-11(16)9-5-7(6-19-9)10(13)15/h5-6,8H,2-4H2,1H3,(H2,13,15)(H,14,16)(H,17,18)/t8-/m0/s1. The number of thiophene rings is 1. The normalized spacial score (nSPS) is 11.8. The highest BCUT2D eigenvalue weighted by Crippen LogP contribution is 2.14. The molecule has 0 fully saturated rings. The fourth-order valence-electron chi connectivity index (χ4n) is 1.48. The lowest BCUT2D eigenvalue weighted by molar-refractivity contribution is -0.139. The van der Waals surface area contributed by atoms with Gasteiger partial charge in [-0.05, 0) is 12.5 Å². The molecule has 1 rings (SSSR count). The van der Waals surface area contributed by atoms with E-state index in [0.29, 0.717) is 12.8 Å². The van der Waals surface area contributed by atoms with Gasteiger partial charge >= 0.3 is 5.97 Å². The van der Waals surface area contributed by atoms with E-state index in [9.17, 15) is 14.4 Å². The summed E-state index contributed by atoms with van der Waals surface area (Å²) in [5.41, 5.74) is 5.33. The fraction of sp³-hybridized carbons (Fsp3) is 0.417. The van der Waals surface area contributed by atoms with Crippen LogP contribution in [0.4, 0.5) is 0 Å². The van der Waals surface area contributed by atoms with E-state index in [4.69, 9.17) is 10.8 Å². The molecule has 7 heteroatoms. The summed E-state index contributed by atoms with van der Waals surface area (Å²) in [6, 6.07) is 0.452. The van der Waals surface area contributed by atoms with Crippen molar-refractivity contribution in [1.82, 2.24) is 5.32 Å². The van der Waals surface area contributed by atoms with Gasteiger partial charge in [0.2, 0.25) is 5.91 Å². The van der Waals surface area contributed by atoms with Crippen LogP contribution in [0, 0.1) is 0 Å². The minimum absolute atomic E-state index is 0.246. The molecule has 0 unspecified atom stereocenters. The topological polar surface area (TPSA) is 109 Å². The van der Waals surface area contributed by atoms with Crippen LogP contribution in [-0.4, -0.2) is 28.9 Å². The largest absolute Gasteiger partial charge is 0.480 e. The number of amides is 2. The number of primary amides is 1. The summed E-state index contributed by atoms with van der Waals surface area (Å²) in [6.45, 7) is 1.94. The van der Waals surface area contributed by atoms with E-state index in [1.807, 2.05) is 6.92 Å². The Kier molecular flexibility index (Phi) is 5.50. The van der Waals surface area contributed by atoms with E-state index >= 15 is 0 Å². The average Bonchev–Trinajstić information content (AvgIpc) is 2.83. The Bertz CT molecular complexity index is 484. The van der Waals surface area contributed by atoms with E-state index in [1.165, 1.54) is 11.4 Å². The Labute approximate surface area is 114 Å². The maximum Gasteiger partial charge on any atom is 0.326 e. The van der Waals surface area contributed by atoms with Gasteiger partial charge in [-0.2, -0.15) is 0 Å². The Hall–Kier alpha value is -1.89. The zero-order chi connectivity index (χ0) is 14.4. The Morgan fingerprint density at radius 1 is 1.47 bits per heavy atom. The molecule has 4 N–H and O–H groups in total. The van der Waals surface area contributed by atoms with E-state index in [-0.39, 0.29) is 10.4 Å². The molecule has 0 aromatic carbocycles. The van der Waals surface area contributed by atoms with Gasteiger partial charge < -0.3 is 16.2 Å². The Morgan fingerprint density at radius 2 is 2.16 bits per heavy atom. The predicted molar refractivity (Wildman–Crippen MR) is 71.3 cm³/mol. The van der Waals surface area contributed by atoms with Gasteiger partial charge in [0.05, 0.1) is 10.4 Å². The number of hydrogen-bond donors (Lipinski definition) is 3. The van der Waals surface area contributed by atoms with E-state index in [1.54, 1.807) is 0 Å². The summed E-state index contributed by atoms with van der Waals surface area (Å²) in [4.78, 5) is 34.0. The van der Waals surface area contributed by atoms with Crippen LogP contribution in [0.25, 0.3) is 0 Å². The number of unbranched alkanes of at least 4 members (excludes halogenated alkanes) is 1. The SMILES string of the molecule is CCCC[C@H](NC(=O)c1cc(C(N)=O)cs1)C(=O)O. The number of nitrogens with two attached hydrogens (primary N) is 1. The van der Waals surface area contributed by atoms with Gasteiger partial charge in [0.15, 0.2) is 0 Å². The minimum atomic E-state index is -1.06. The predicted octanol–water partition coefficient (Wildman–Crippen LogP) is 1.22. The van der Waals surface area contributed by atoms with E-state index < -0.39 is 23.8 Å². The van der Waals surface area contributed by atoms with Gasteiger partial charge in [-0.15, -0.1) is 11.3 Å². The van der Waals surface area contributed by atoms with Crippen LogP contribution in [-0.2, 0) is 4.79 Å². The molecule has 0 saturated carbocycles. The molecule has 1 aromatic heterocycles. The van der Waals surface area contributed by atoms with E-state index in [2.05, 4.69) is 5.32 Å². The van der Waals surface area contributed by atoms with Crippen LogP contribution < -0.4 is 11.1 Å². The van der Waals surface area contributed by atoms with Gasteiger partial charge in [0, 0.05) is 5.38 Å². The quantitative estimate of drug-likeness (QED) is 0.699. The highest BCUT2D eigenvalue weighted by atomic mass is 32.1. The summed E-state index contributed by atoms with van der Waals surface area (Å²) < 4.78 is 0. The molecule has 0 aliphatic carbocycles. The van der Waals surface area contributed by atoms with Gasteiger partial charge in [-0.1, -0.05) is 19.8 Å². The molecule has 0 saturated heterocycles. The maximum atomic E-state index is 11.8. The lowest BCUT2D eigenvalue weighted by Crippen LogP contribution is -2.40. The Balaban J connectivity index is 2.70. The molecule has 19 heavy (non-hydrogen) atoms. The number of aliphatic carboxylic acids is 1. The number of rotatable bonds is 7. The monoisotopic (exact) mass is 284 g/mol. The number of carboxylic acid groups (broad SMARTS) is 1. The summed E-state index contributed by atoms with van der Waals surface area (Å²) >= 11 is 1.06. The molecule has 1 aromatic rings. The van der Waals surface area contributed by atoms with Gasteiger partial charge in [0.1, 0.15) is 6.04 Å². The van der Waals surface area contributed by atoms with Crippen LogP contribution in [0.15, 0.2) is 11.4 Å². The molecule has 104 valence electrons. The van der Waals surface area contributed by atoms with Crippen molar-refractivity contribution >= 4 is 29.1 Å². The highest BCUT2D eigenvalue weighted by molar-refractivity contribution is 7.12. The highest BCUT2D eigenvalue weighted by Gasteiger charge is 2.21. The number of carboxylic acids is 1. The number of nitrogens with one attached hydrogen (secondary N) is 1. The van der Waals surface area contributed by atoms with Crippen molar-refractivity contribution in [3.63, 3.8) is 0 Å². The molecule has 1 atom stereocenters. The second-order valence-electron chi connectivity index (χ2n) is 4.07. The van der Waals surface area contributed by atoms with Crippen molar-refractivity contribution in [1.29, 1.82) is 0 Å². The van der Waals surface area contributed by atoms with Crippen molar-refractivity contribution in [2.24, 2.45) is 5.73 Å². The molecular formula is C12H16N2O4S. The van der Waals surface area contributed by atoms with Crippen molar-refractivity contribution in [3.05, 3.63) is 21.9 Å². The van der Waals surface area contributed by atoms with Crippen molar-refractivity contribution < 1.29 is 19.5 Å². The van der Waals surface area contributed by atoms with Crippen molar-refractivity contribution in [3.8, 4) is 0 Å². The van der Waals surface area contributed by atoms with Crippen molar-refractivity contribution in [2.75, 3.05) is 0 Å². The summed E-state index contributed by atoms with van der Waals surface area (Å²) in [6.07, 6.45) is 1.95. The molecule has 2 amide bonds. The fourth-order valence-corrected chi connectivity index (χ4v) is 2.28. The first-order chi connectivity index (χ1) is 8.95. The third-order valence-electron chi connectivity index (χ3n) is 2.56. The smallest absolute Gasteiger partial charge is 0.326 e. The average molecular weight is 284 g/mol. The molecule has 0 radical (unpaired) electrons. The summed E-state index contributed by atoms with van der Waals surface area (Å²) in [5, 5.41) is 12.9. The zero-order valence-corrected chi connectivity index (χ0v) is 11.3. The molecule has 0 bridgehead atoms. The number of carbonyl (C=O) groups excluding carboxylic acids is 2. The first kappa shape index (κ1) is 15.2. The van der Waals surface area contributed by atoms with Gasteiger partial charge in [-0.25, -0.2) is 4.79 Å². The minimum Gasteiger partial charge on any atom is -0.480 e. The van der Waals surface area contributed by atoms with Crippen LogP contribution >= 0.6 is 11.3 Å². The van der Waals surface area contributed by atoms with E-state index in [0.717, 1.165) is 17.8 Å². The molecule has 0 spiro atoms. The Morgan fingerprint density at radius 3 is 2.63 bits per heavy atom. The number of hydrogen-bond acceptors (Lipinski definition) is 4. The van der Waals surface area contributed by atoms with Crippen LogP contribution in [0.5, 0.6) is 0 Å². The summed E-state index contributed by atoms with van der Waals surface area (Å²) in [5.74, 6) is -2.18. The van der Waals surface area contributed by atoms with Crippen LogP contribution in [0.2, 0.25) is 0 Å². The molecule has 6 nitrogen and oxygen atoms in total. The van der Waals surface area contributed by atoms with Gasteiger partial charge in [-0.3, -0.25) is 9.59 Å². The third-order valence-corrected chi connectivity index (χ3v) is 3.49. The second kappa shape index (κ2) is 6.89. The lowest BCUT2D eigenvalue weighted by atomic mass is 10.1. The zero-order valence-electron chi connectivity index (χ0n) is 10.5. The first-order valence-corrected chi connectivity index (χ1v) is 6.75. The lowest BCUT2D eigenvalue weighted by Gasteiger charge is -2.13. The van der Waals surface area contributed by atoms with Crippen LogP contribution in [0.3, 0.4) is 0 Å². The molecular weight excluding hydrogens is 268 g/mol. The first-order valence-electron chi connectivity index (χ1n) is 5.87. The third kappa shape index (κ3) is 4.36. The van der Waals surface area contributed by atoms with Gasteiger partial charge in [0.25, 0.3) is 5.91 Å². The molecule has 0 aliphatic heterocycles. The second-order valence-corrected chi connectivity index (χ2v) is 4.98. The maximum absolute atomic E-state index is 11.8. The van der Waals surface area contributed by atoms with Crippen molar-refractivity contribution in [2.45, 2.75) is 32.2 Å².